The number of carboxylic acids is 1. The maximum absolute atomic E-state index is 10.8. The van der Waals surface area contributed by atoms with E-state index in [1.165, 1.54) is 0 Å². The van der Waals surface area contributed by atoms with Crippen molar-refractivity contribution in [3.05, 3.63) is 29.3 Å². The second-order valence-electron chi connectivity index (χ2n) is 3.74. The van der Waals surface area contributed by atoms with Crippen LogP contribution in [0.15, 0.2) is 18.2 Å². The molecular weight excluding hydrogens is 230 g/mol. The summed E-state index contributed by atoms with van der Waals surface area (Å²) in [6.45, 7) is 2.18. The van der Waals surface area contributed by atoms with Crippen molar-refractivity contribution in [3.8, 4) is 12.1 Å². The average Bonchev–Trinajstić information content (AvgIpc) is 2.36. The van der Waals surface area contributed by atoms with E-state index in [0.29, 0.717) is 23.4 Å². The van der Waals surface area contributed by atoms with Crippen molar-refractivity contribution < 1.29 is 9.90 Å². The molecule has 0 heterocycles. The minimum absolute atomic E-state index is 0.221. The van der Waals surface area contributed by atoms with Crippen LogP contribution in [0.4, 0.5) is 5.69 Å². The quantitative estimate of drug-likeness (QED) is 0.850. The maximum Gasteiger partial charge on any atom is 0.323 e. The van der Waals surface area contributed by atoms with Crippen LogP contribution in [0.25, 0.3) is 0 Å². The van der Waals surface area contributed by atoms with Gasteiger partial charge in [-0.05, 0) is 18.6 Å². The molecular formula is C13H13N3O2. The van der Waals surface area contributed by atoms with Crippen molar-refractivity contribution in [1.82, 2.24) is 0 Å². The lowest BCUT2D eigenvalue weighted by atomic mass is 10.1. The van der Waals surface area contributed by atoms with Gasteiger partial charge in [-0.15, -0.1) is 0 Å². The van der Waals surface area contributed by atoms with E-state index in [1.54, 1.807) is 23.1 Å². The van der Waals surface area contributed by atoms with Crippen LogP contribution in [0.5, 0.6) is 0 Å². The van der Waals surface area contributed by atoms with Gasteiger partial charge in [0.05, 0.1) is 16.8 Å². The Morgan fingerprint density at radius 3 is 2.28 bits per heavy atom. The number of rotatable bonds is 5. The van der Waals surface area contributed by atoms with Crippen LogP contribution < -0.4 is 4.90 Å². The Morgan fingerprint density at radius 2 is 1.89 bits per heavy atom. The third kappa shape index (κ3) is 2.99. The number of benzene rings is 1. The van der Waals surface area contributed by atoms with E-state index < -0.39 is 5.97 Å². The normalized spacial score (nSPS) is 9.28. The van der Waals surface area contributed by atoms with E-state index in [0.717, 1.165) is 6.42 Å². The van der Waals surface area contributed by atoms with Gasteiger partial charge in [-0.2, -0.15) is 10.5 Å². The molecule has 0 saturated heterocycles. The minimum Gasteiger partial charge on any atom is -0.480 e. The topological polar surface area (TPSA) is 88.1 Å². The first-order chi connectivity index (χ1) is 8.63. The molecule has 1 aromatic carbocycles. The second kappa shape index (κ2) is 6.27. The Balaban J connectivity index is 3.30. The molecule has 0 spiro atoms. The van der Waals surface area contributed by atoms with E-state index in [-0.39, 0.29) is 6.54 Å². The SMILES string of the molecule is CCCN(CC(=O)O)c1c(C#N)cccc1C#N. The molecule has 0 unspecified atom stereocenters. The highest BCUT2D eigenvalue weighted by molar-refractivity contribution is 5.77. The third-order valence-electron chi connectivity index (χ3n) is 2.41. The van der Waals surface area contributed by atoms with Gasteiger partial charge in [0.2, 0.25) is 0 Å². The molecule has 18 heavy (non-hydrogen) atoms. The van der Waals surface area contributed by atoms with Crippen molar-refractivity contribution >= 4 is 11.7 Å². The largest absolute Gasteiger partial charge is 0.480 e. The highest BCUT2D eigenvalue weighted by atomic mass is 16.4. The summed E-state index contributed by atoms with van der Waals surface area (Å²) < 4.78 is 0. The number of anilines is 1. The Kier molecular flexibility index (Phi) is 4.71. The molecule has 0 aliphatic carbocycles. The Labute approximate surface area is 105 Å². The van der Waals surface area contributed by atoms with Crippen LogP contribution in [0.2, 0.25) is 0 Å². The van der Waals surface area contributed by atoms with Crippen LogP contribution in [-0.4, -0.2) is 24.2 Å². The van der Waals surface area contributed by atoms with Gasteiger partial charge in [0, 0.05) is 6.54 Å². The molecule has 0 radical (unpaired) electrons. The summed E-state index contributed by atoms with van der Waals surface area (Å²) in [4.78, 5) is 12.4. The fourth-order valence-corrected chi connectivity index (χ4v) is 1.77. The summed E-state index contributed by atoms with van der Waals surface area (Å²) in [6, 6.07) is 8.78. The summed E-state index contributed by atoms with van der Waals surface area (Å²) in [5.74, 6) is -0.986. The molecule has 1 aromatic rings. The van der Waals surface area contributed by atoms with Crippen LogP contribution in [0.3, 0.4) is 0 Å². The van der Waals surface area contributed by atoms with E-state index in [1.807, 2.05) is 19.1 Å². The Morgan fingerprint density at radius 1 is 1.33 bits per heavy atom. The van der Waals surface area contributed by atoms with E-state index >= 15 is 0 Å². The van der Waals surface area contributed by atoms with E-state index in [9.17, 15) is 4.79 Å². The maximum atomic E-state index is 10.8. The van der Waals surface area contributed by atoms with Crippen molar-refractivity contribution in [3.63, 3.8) is 0 Å². The predicted molar refractivity (Wildman–Crippen MR) is 66.0 cm³/mol. The zero-order valence-electron chi connectivity index (χ0n) is 10.1. The zero-order chi connectivity index (χ0) is 13.5. The third-order valence-corrected chi connectivity index (χ3v) is 2.41. The molecule has 0 aliphatic heterocycles. The highest BCUT2D eigenvalue weighted by Gasteiger charge is 2.17. The lowest BCUT2D eigenvalue weighted by Crippen LogP contribution is -2.31. The molecule has 0 aromatic heterocycles. The first-order valence-corrected chi connectivity index (χ1v) is 5.54. The Bertz CT molecular complexity index is 494. The van der Waals surface area contributed by atoms with Crippen LogP contribution in [0, 0.1) is 22.7 Å². The molecule has 0 aliphatic rings. The molecule has 0 saturated carbocycles. The standard InChI is InChI=1S/C13H13N3O2/c1-2-6-16(9-12(17)18)13-10(7-14)4-3-5-11(13)8-15/h3-5H,2,6,9H2,1H3,(H,17,18). The second-order valence-corrected chi connectivity index (χ2v) is 3.74. The summed E-state index contributed by atoms with van der Waals surface area (Å²) >= 11 is 0. The first kappa shape index (κ1) is 13.5. The van der Waals surface area contributed by atoms with Crippen LogP contribution in [0.1, 0.15) is 24.5 Å². The molecule has 5 nitrogen and oxygen atoms in total. The lowest BCUT2D eigenvalue weighted by Gasteiger charge is -2.24. The molecule has 5 heteroatoms. The molecule has 92 valence electrons. The predicted octanol–water partition coefficient (Wildman–Crippen LogP) is 1.73. The van der Waals surface area contributed by atoms with Crippen molar-refractivity contribution in [1.29, 1.82) is 10.5 Å². The van der Waals surface area contributed by atoms with Gasteiger partial charge in [0.15, 0.2) is 0 Å². The zero-order valence-corrected chi connectivity index (χ0v) is 10.1. The van der Waals surface area contributed by atoms with Gasteiger partial charge < -0.3 is 10.0 Å². The molecule has 0 bridgehead atoms. The average molecular weight is 243 g/mol. The molecule has 0 atom stereocenters. The number of carbonyl (C=O) groups is 1. The molecule has 1 N–H and O–H groups in total. The van der Waals surface area contributed by atoms with Gasteiger partial charge in [-0.25, -0.2) is 0 Å². The molecule has 0 fully saturated rings. The van der Waals surface area contributed by atoms with Gasteiger partial charge in [-0.1, -0.05) is 13.0 Å². The molecule has 0 amide bonds. The number of carboxylic acid groups (broad SMARTS) is 1. The summed E-state index contributed by atoms with van der Waals surface area (Å²) in [6.07, 6.45) is 0.734. The summed E-state index contributed by atoms with van der Waals surface area (Å²) in [5, 5.41) is 27.0. The monoisotopic (exact) mass is 243 g/mol. The smallest absolute Gasteiger partial charge is 0.323 e. The van der Waals surface area contributed by atoms with E-state index in [2.05, 4.69) is 0 Å². The number of aliphatic carboxylic acids is 1. The number of hydrogen-bond acceptors (Lipinski definition) is 4. The number of hydrogen-bond donors (Lipinski definition) is 1. The van der Waals surface area contributed by atoms with Gasteiger partial charge in [-0.3, -0.25) is 4.79 Å². The van der Waals surface area contributed by atoms with Crippen LogP contribution in [-0.2, 0) is 4.79 Å². The number of nitrogens with zero attached hydrogens (tertiary/aromatic N) is 3. The van der Waals surface area contributed by atoms with Gasteiger partial charge in [0.25, 0.3) is 0 Å². The minimum atomic E-state index is -0.986. The van der Waals surface area contributed by atoms with Crippen molar-refractivity contribution in [2.75, 3.05) is 18.0 Å². The lowest BCUT2D eigenvalue weighted by molar-refractivity contribution is -0.135. The number of nitriles is 2. The highest BCUT2D eigenvalue weighted by Crippen LogP contribution is 2.24. The van der Waals surface area contributed by atoms with E-state index in [4.69, 9.17) is 15.6 Å². The van der Waals surface area contributed by atoms with Gasteiger partial charge in [0.1, 0.15) is 18.7 Å². The number of para-hydroxylation sites is 1. The fraction of sp³-hybridized carbons (Fsp3) is 0.308. The molecule has 1 rings (SSSR count). The summed E-state index contributed by atoms with van der Waals surface area (Å²) in [5.41, 5.74) is 1.05. The Hall–Kier alpha value is -2.53. The fourth-order valence-electron chi connectivity index (χ4n) is 1.77. The van der Waals surface area contributed by atoms with Crippen molar-refractivity contribution in [2.24, 2.45) is 0 Å². The summed E-state index contributed by atoms with van der Waals surface area (Å²) in [7, 11) is 0. The van der Waals surface area contributed by atoms with Gasteiger partial charge >= 0.3 is 5.97 Å². The first-order valence-electron chi connectivity index (χ1n) is 5.54. The van der Waals surface area contributed by atoms with Crippen molar-refractivity contribution in [2.45, 2.75) is 13.3 Å². The van der Waals surface area contributed by atoms with Crippen LogP contribution >= 0.6 is 0 Å².